The third kappa shape index (κ3) is 3.58. The van der Waals surface area contributed by atoms with Gasteiger partial charge in [0, 0.05) is 32.2 Å². The Morgan fingerprint density at radius 1 is 1.22 bits per heavy atom. The first-order valence-electron chi connectivity index (χ1n) is 7.46. The van der Waals surface area contributed by atoms with Crippen molar-refractivity contribution >= 4 is 17.3 Å². The van der Waals surface area contributed by atoms with Gasteiger partial charge in [-0.3, -0.25) is 0 Å². The second-order valence-electron chi connectivity index (χ2n) is 5.71. The SMILES string of the molecule is CCN1CCC(N(C)C(=S)NC2CCCC2)CC1. The Labute approximate surface area is 117 Å². The molecule has 2 rings (SSSR count). The van der Waals surface area contributed by atoms with E-state index in [1.54, 1.807) is 0 Å². The van der Waals surface area contributed by atoms with Crippen LogP contribution >= 0.6 is 12.2 Å². The Kier molecular flexibility index (Phi) is 5.25. The molecule has 1 aliphatic heterocycles. The fourth-order valence-electron chi connectivity index (χ4n) is 3.14. The van der Waals surface area contributed by atoms with Crippen molar-refractivity contribution in [3.05, 3.63) is 0 Å². The van der Waals surface area contributed by atoms with Crippen LogP contribution in [-0.4, -0.2) is 53.7 Å². The smallest absolute Gasteiger partial charge is 0.169 e. The molecule has 0 atom stereocenters. The summed E-state index contributed by atoms with van der Waals surface area (Å²) < 4.78 is 0. The summed E-state index contributed by atoms with van der Waals surface area (Å²) in [4.78, 5) is 4.83. The molecule has 0 amide bonds. The van der Waals surface area contributed by atoms with Crippen LogP contribution in [0.4, 0.5) is 0 Å². The normalized spacial score (nSPS) is 23.2. The van der Waals surface area contributed by atoms with E-state index in [1.807, 2.05) is 0 Å². The fraction of sp³-hybridized carbons (Fsp3) is 0.929. The summed E-state index contributed by atoms with van der Waals surface area (Å²) in [5.74, 6) is 0. The predicted molar refractivity (Wildman–Crippen MR) is 80.9 cm³/mol. The van der Waals surface area contributed by atoms with Gasteiger partial charge in [-0.2, -0.15) is 0 Å². The van der Waals surface area contributed by atoms with Crippen LogP contribution < -0.4 is 5.32 Å². The number of hydrogen-bond acceptors (Lipinski definition) is 2. The van der Waals surface area contributed by atoms with E-state index in [4.69, 9.17) is 12.2 Å². The number of nitrogens with zero attached hydrogens (tertiary/aromatic N) is 2. The summed E-state index contributed by atoms with van der Waals surface area (Å²) in [5.41, 5.74) is 0. The number of thiocarbonyl (C=S) groups is 1. The van der Waals surface area contributed by atoms with Crippen LogP contribution in [0.15, 0.2) is 0 Å². The Balaban J connectivity index is 1.76. The van der Waals surface area contributed by atoms with E-state index in [9.17, 15) is 0 Å². The summed E-state index contributed by atoms with van der Waals surface area (Å²) in [6.45, 7) is 5.87. The lowest BCUT2D eigenvalue weighted by Crippen LogP contribution is -2.50. The molecule has 2 aliphatic rings. The summed E-state index contributed by atoms with van der Waals surface area (Å²) in [6.07, 6.45) is 7.80. The first-order valence-corrected chi connectivity index (χ1v) is 7.87. The van der Waals surface area contributed by atoms with Crippen LogP contribution in [0.5, 0.6) is 0 Å². The maximum atomic E-state index is 5.55. The molecule has 0 bridgehead atoms. The minimum absolute atomic E-state index is 0.634. The molecule has 2 fully saturated rings. The highest BCUT2D eigenvalue weighted by Crippen LogP contribution is 2.19. The molecule has 104 valence electrons. The summed E-state index contributed by atoms with van der Waals surface area (Å²) in [7, 11) is 2.16. The first-order chi connectivity index (χ1) is 8.70. The van der Waals surface area contributed by atoms with Gasteiger partial charge in [0.25, 0.3) is 0 Å². The summed E-state index contributed by atoms with van der Waals surface area (Å²) in [5, 5.41) is 4.51. The number of nitrogens with one attached hydrogen (secondary N) is 1. The van der Waals surface area contributed by atoms with Crippen molar-refractivity contribution in [3.63, 3.8) is 0 Å². The number of hydrogen-bond donors (Lipinski definition) is 1. The standard InChI is InChI=1S/C14H27N3S/c1-3-17-10-8-13(9-11-17)16(2)14(18)15-12-6-4-5-7-12/h12-13H,3-11H2,1-2H3,(H,15,18). The zero-order chi connectivity index (χ0) is 13.0. The van der Waals surface area contributed by atoms with Crippen molar-refractivity contribution in [2.24, 2.45) is 0 Å². The zero-order valence-electron chi connectivity index (χ0n) is 11.8. The lowest BCUT2D eigenvalue weighted by atomic mass is 10.0. The van der Waals surface area contributed by atoms with Gasteiger partial charge in [0.1, 0.15) is 0 Å². The first kappa shape index (κ1) is 14.1. The van der Waals surface area contributed by atoms with E-state index in [1.165, 1.54) is 58.2 Å². The average molecular weight is 269 g/mol. The highest BCUT2D eigenvalue weighted by Gasteiger charge is 2.24. The van der Waals surface area contributed by atoms with Crippen LogP contribution in [0.25, 0.3) is 0 Å². The van der Waals surface area contributed by atoms with Crippen molar-refractivity contribution in [2.45, 2.75) is 57.5 Å². The fourth-order valence-corrected chi connectivity index (χ4v) is 3.45. The monoisotopic (exact) mass is 269 g/mol. The second-order valence-corrected chi connectivity index (χ2v) is 6.09. The van der Waals surface area contributed by atoms with Crippen LogP contribution in [0.3, 0.4) is 0 Å². The largest absolute Gasteiger partial charge is 0.360 e. The molecular formula is C14H27N3S. The van der Waals surface area contributed by atoms with E-state index in [0.717, 1.165) is 5.11 Å². The van der Waals surface area contributed by atoms with Gasteiger partial charge in [-0.1, -0.05) is 19.8 Å². The second kappa shape index (κ2) is 6.71. The van der Waals surface area contributed by atoms with E-state index in [-0.39, 0.29) is 0 Å². The molecule has 0 aromatic heterocycles. The van der Waals surface area contributed by atoms with Gasteiger partial charge in [-0.15, -0.1) is 0 Å². The minimum atomic E-state index is 0.634. The van der Waals surface area contributed by atoms with Crippen molar-refractivity contribution < 1.29 is 0 Å². The van der Waals surface area contributed by atoms with Gasteiger partial charge in [-0.05, 0) is 44.4 Å². The number of likely N-dealkylation sites (tertiary alicyclic amines) is 1. The van der Waals surface area contributed by atoms with E-state index in [0.29, 0.717) is 12.1 Å². The third-order valence-electron chi connectivity index (χ3n) is 4.56. The van der Waals surface area contributed by atoms with Crippen LogP contribution in [0.2, 0.25) is 0 Å². The van der Waals surface area contributed by atoms with E-state index >= 15 is 0 Å². The quantitative estimate of drug-likeness (QED) is 0.792. The molecule has 1 saturated carbocycles. The van der Waals surface area contributed by atoms with Crippen molar-refractivity contribution in [3.8, 4) is 0 Å². The topological polar surface area (TPSA) is 18.5 Å². The van der Waals surface area contributed by atoms with Crippen molar-refractivity contribution in [1.82, 2.24) is 15.1 Å². The number of rotatable bonds is 3. The maximum Gasteiger partial charge on any atom is 0.169 e. The Hall–Kier alpha value is -0.350. The summed E-state index contributed by atoms with van der Waals surface area (Å²) >= 11 is 5.55. The van der Waals surface area contributed by atoms with Gasteiger partial charge < -0.3 is 15.1 Å². The molecule has 0 aromatic carbocycles. The van der Waals surface area contributed by atoms with Gasteiger partial charge in [-0.25, -0.2) is 0 Å². The van der Waals surface area contributed by atoms with Gasteiger partial charge in [0.2, 0.25) is 0 Å². The number of piperidine rings is 1. The van der Waals surface area contributed by atoms with Gasteiger partial charge in [0.15, 0.2) is 5.11 Å². The molecule has 1 saturated heterocycles. The Bertz CT molecular complexity index is 268. The van der Waals surface area contributed by atoms with E-state index in [2.05, 4.69) is 29.1 Å². The molecule has 0 spiro atoms. The Morgan fingerprint density at radius 3 is 2.39 bits per heavy atom. The molecule has 0 aromatic rings. The highest BCUT2D eigenvalue weighted by atomic mass is 32.1. The molecule has 4 heteroatoms. The Morgan fingerprint density at radius 2 is 1.83 bits per heavy atom. The van der Waals surface area contributed by atoms with Crippen LogP contribution in [0.1, 0.15) is 45.4 Å². The van der Waals surface area contributed by atoms with Gasteiger partial charge >= 0.3 is 0 Å². The van der Waals surface area contributed by atoms with Gasteiger partial charge in [0.05, 0.1) is 0 Å². The molecule has 1 aliphatic carbocycles. The minimum Gasteiger partial charge on any atom is -0.360 e. The van der Waals surface area contributed by atoms with E-state index < -0.39 is 0 Å². The van der Waals surface area contributed by atoms with Crippen molar-refractivity contribution in [2.75, 3.05) is 26.7 Å². The molecular weight excluding hydrogens is 242 g/mol. The molecule has 18 heavy (non-hydrogen) atoms. The molecule has 1 heterocycles. The predicted octanol–water partition coefficient (Wildman–Crippen LogP) is 2.22. The average Bonchev–Trinajstić information content (AvgIpc) is 2.91. The highest BCUT2D eigenvalue weighted by molar-refractivity contribution is 7.80. The molecule has 0 unspecified atom stereocenters. The lowest BCUT2D eigenvalue weighted by molar-refractivity contribution is 0.170. The molecule has 1 N–H and O–H groups in total. The molecule has 0 radical (unpaired) electrons. The van der Waals surface area contributed by atoms with Crippen LogP contribution in [-0.2, 0) is 0 Å². The zero-order valence-corrected chi connectivity index (χ0v) is 12.6. The lowest BCUT2D eigenvalue weighted by Gasteiger charge is -2.38. The molecule has 3 nitrogen and oxygen atoms in total. The van der Waals surface area contributed by atoms with Crippen molar-refractivity contribution in [1.29, 1.82) is 0 Å². The maximum absolute atomic E-state index is 5.55. The third-order valence-corrected chi connectivity index (χ3v) is 4.96. The van der Waals surface area contributed by atoms with Crippen LogP contribution in [0, 0.1) is 0 Å². The summed E-state index contributed by atoms with van der Waals surface area (Å²) in [6, 6.07) is 1.27.